The van der Waals surface area contributed by atoms with Gasteiger partial charge < -0.3 is 10.5 Å². The van der Waals surface area contributed by atoms with Gasteiger partial charge in [-0.15, -0.1) is 0 Å². The summed E-state index contributed by atoms with van der Waals surface area (Å²) in [5, 5.41) is 0. The second-order valence-corrected chi connectivity index (χ2v) is 7.31. The van der Waals surface area contributed by atoms with Gasteiger partial charge >= 0.3 is 0 Å². The van der Waals surface area contributed by atoms with Crippen molar-refractivity contribution in [3.8, 4) is 0 Å². The highest BCUT2D eigenvalue weighted by molar-refractivity contribution is 7.89. The molecule has 3 unspecified atom stereocenters. The zero-order valence-corrected chi connectivity index (χ0v) is 12.9. The van der Waals surface area contributed by atoms with Gasteiger partial charge in [-0.3, -0.25) is 0 Å². The summed E-state index contributed by atoms with van der Waals surface area (Å²) < 4.78 is 32.2. The number of hydrogen-bond donors (Lipinski definition) is 1. The van der Waals surface area contributed by atoms with Crippen LogP contribution in [-0.4, -0.2) is 38.5 Å². The van der Waals surface area contributed by atoms with E-state index < -0.39 is 10.0 Å². The van der Waals surface area contributed by atoms with Crippen molar-refractivity contribution in [3.05, 3.63) is 29.8 Å². The molecule has 0 radical (unpaired) electrons. The van der Waals surface area contributed by atoms with E-state index in [4.69, 9.17) is 10.5 Å². The minimum absolute atomic E-state index is 0.0774. The lowest BCUT2D eigenvalue weighted by molar-refractivity contribution is 0.102. The molecule has 2 rings (SSSR count). The molecule has 0 aliphatic carbocycles. The first-order valence-corrected chi connectivity index (χ1v) is 8.23. The average Bonchev–Trinajstić information content (AvgIpc) is 2.84. The summed E-state index contributed by atoms with van der Waals surface area (Å²) in [7, 11) is -1.90. The van der Waals surface area contributed by atoms with Crippen LogP contribution in [0.3, 0.4) is 0 Å². The van der Waals surface area contributed by atoms with Crippen molar-refractivity contribution in [3.63, 3.8) is 0 Å². The number of hydrogen-bond acceptors (Lipinski definition) is 4. The second-order valence-electron chi connectivity index (χ2n) is 5.31. The van der Waals surface area contributed by atoms with Crippen LogP contribution in [0.15, 0.2) is 29.2 Å². The van der Waals surface area contributed by atoms with Crippen LogP contribution in [0.25, 0.3) is 0 Å². The number of benzene rings is 1. The van der Waals surface area contributed by atoms with Crippen molar-refractivity contribution in [2.24, 2.45) is 5.73 Å². The smallest absolute Gasteiger partial charge is 0.243 e. The summed E-state index contributed by atoms with van der Waals surface area (Å²) >= 11 is 0. The van der Waals surface area contributed by atoms with Crippen LogP contribution in [0.2, 0.25) is 0 Å². The van der Waals surface area contributed by atoms with Gasteiger partial charge in [0.15, 0.2) is 0 Å². The summed E-state index contributed by atoms with van der Waals surface area (Å²) in [6.45, 7) is 4.34. The third-order valence-corrected chi connectivity index (χ3v) is 5.74. The maximum Gasteiger partial charge on any atom is 0.243 e. The maximum atomic E-state index is 12.7. The van der Waals surface area contributed by atoms with Gasteiger partial charge in [0.2, 0.25) is 10.0 Å². The van der Waals surface area contributed by atoms with Crippen LogP contribution in [0, 0.1) is 0 Å². The Balaban J connectivity index is 2.32. The summed E-state index contributed by atoms with van der Waals surface area (Å²) in [5.74, 6) is 0. The van der Waals surface area contributed by atoms with Gasteiger partial charge in [-0.2, -0.15) is 4.31 Å². The number of ether oxygens (including phenoxy) is 1. The van der Waals surface area contributed by atoms with E-state index in [0.717, 1.165) is 12.0 Å². The molecule has 112 valence electrons. The van der Waals surface area contributed by atoms with Gasteiger partial charge in [0, 0.05) is 19.7 Å². The molecule has 0 bridgehead atoms. The molecule has 0 saturated carbocycles. The third-order valence-electron chi connectivity index (χ3n) is 3.86. The normalized spacial score (nSPS) is 25.1. The Morgan fingerprint density at radius 2 is 2.15 bits per heavy atom. The molecule has 1 fully saturated rings. The molecule has 1 aliphatic heterocycles. The van der Waals surface area contributed by atoms with Crippen LogP contribution < -0.4 is 5.73 Å². The molecule has 1 aliphatic rings. The molecular formula is C14H22N2O3S. The molecule has 3 atom stereocenters. The van der Waals surface area contributed by atoms with Crippen molar-refractivity contribution in [2.75, 3.05) is 13.7 Å². The Morgan fingerprint density at radius 1 is 1.45 bits per heavy atom. The maximum absolute atomic E-state index is 12.7. The van der Waals surface area contributed by atoms with Gasteiger partial charge in [0.25, 0.3) is 0 Å². The van der Waals surface area contributed by atoms with Crippen LogP contribution >= 0.6 is 0 Å². The van der Waals surface area contributed by atoms with Crippen LogP contribution in [0.1, 0.15) is 31.9 Å². The first-order valence-electron chi connectivity index (χ1n) is 6.79. The zero-order valence-electron chi connectivity index (χ0n) is 12.1. The van der Waals surface area contributed by atoms with Crippen LogP contribution in [0.4, 0.5) is 0 Å². The Bertz CT molecular complexity index is 572. The Morgan fingerprint density at radius 3 is 2.70 bits per heavy atom. The summed E-state index contributed by atoms with van der Waals surface area (Å²) in [6.07, 6.45) is 0.649. The number of likely N-dealkylation sites (N-methyl/N-ethyl adjacent to an activating group) is 1. The van der Waals surface area contributed by atoms with Crippen LogP contribution in [-0.2, 0) is 14.8 Å². The van der Waals surface area contributed by atoms with Crippen molar-refractivity contribution in [1.29, 1.82) is 0 Å². The van der Waals surface area contributed by atoms with E-state index in [-0.39, 0.29) is 23.1 Å². The highest BCUT2D eigenvalue weighted by atomic mass is 32.2. The summed E-state index contributed by atoms with van der Waals surface area (Å²) in [4.78, 5) is 0.286. The average molecular weight is 298 g/mol. The minimum atomic E-state index is -3.51. The topological polar surface area (TPSA) is 72.6 Å². The molecule has 0 amide bonds. The van der Waals surface area contributed by atoms with Gasteiger partial charge in [-0.1, -0.05) is 12.1 Å². The van der Waals surface area contributed by atoms with Crippen LogP contribution in [0.5, 0.6) is 0 Å². The van der Waals surface area contributed by atoms with Crippen molar-refractivity contribution < 1.29 is 13.2 Å². The predicted molar refractivity (Wildman–Crippen MR) is 77.8 cm³/mol. The van der Waals surface area contributed by atoms with E-state index in [9.17, 15) is 8.42 Å². The van der Waals surface area contributed by atoms with Gasteiger partial charge in [-0.05, 0) is 38.0 Å². The fourth-order valence-electron chi connectivity index (χ4n) is 2.50. The lowest BCUT2D eigenvalue weighted by Gasteiger charge is -2.26. The summed E-state index contributed by atoms with van der Waals surface area (Å²) in [5.41, 5.74) is 6.63. The first kappa shape index (κ1) is 15.4. The Labute approximate surface area is 120 Å². The molecule has 1 aromatic carbocycles. The molecule has 1 aromatic rings. The largest absolute Gasteiger partial charge is 0.377 e. The molecule has 1 heterocycles. The number of rotatable bonds is 4. The van der Waals surface area contributed by atoms with Crippen molar-refractivity contribution >= 4 is 10.0 Å². The van der Waals surface area contributed by atoms with E-state index in [1.165, 1.54) is 4.31 Å². The third kappa shape index (κ3) is 2.88. The number of nitrogens with two attached hydrogens (primary N) is 1. The Hall–Kier alpha value is -0.950. The number of nitrogens with zero attached hydrogens (tertiary/aromatic N) is 1. The van der Waals surface area contributed by atoms with Gasteiger partial charge in [-0.25, -0.2) is 8.42 Å². The summed E-state index contributed by atoms with van der Waals surface area (Å²) in [6, 6.07) is 6.52. The lowest BCUT2D eigenvalue weighted by atomic mass is 10.1. The second kappa shape index (κ2) is 5.81. The highest BCUT2D eigenvalue weighted by Gasteiger charge is 2.35. The molecule has 20 heavy (non-hydrogen) atoms. The molecule has 0 aromatic heterocycles. The standard InChI is InChI=1S/C14H22N2O3S/c1-10(15)12-5-4-6-13(9-12)20(17,18)16(3)14-7-8-19-11(14)2/h4-6,9-11,14H,7-8,15H2,1-3H3. The molecule has 5 nitrogen and oxygen atoms in total. The number of sulfonamides is 1. The highest BCUT2D eigenvalue weighted by Crippen LogP contribution is 2.25. The SMILES string of the molecule is CC(N)c1cccc(S(=O)(=O)N(C)C2CCOC2C)c1. The van der Waals surface area contributed by atoms with Gasteiger partial charge in [0.1, 0.15) is 0 Å². The molecule has 6 heteroatoms. The van der Waals surface area contributed by atoms with Crippen molar-refractivity contribution in [1.82, 2.24) is 4.31 Å². The quantitative estimate of drug-likeness (QED) is 0.914. The molecule has 0 spiro atoms. The fourth-order valence-corrected chi connectivity index (χ4v) is 4.00. The monoisotopic (exact) mass is 298 g/mol. The van der Waals surface area contributed by atoms with E-state index in [0.29, 0.717) is 6.61 Å². The van der Waals surface area contributed by atoms with E-state index in [2.05, 4.69) is 0 Å². The fraction of sp³-hybridized carbons (Fsp3) is 0.571. The predicted octanol–water partition coefficient (Wildman–Crippen LogP) is 1.50. The zero-order chi connectivity index (χ0) is 14.9. The molecular weight excluding hydrogens is 276 g/mol. The van der Waals surface area contributed by atoms with E-state index in [1.807, 2.05) is 19.9 Å². The minimum Gasteiger partial charge on any atom is -0.377 e. The van der Waals surface area contributed by atoms with E-state index >= 15 is 0 Å². The molecule has 1 saturated heterocycles. The van der Waals surface area contributed by atoms with Crippen molar-refractivity contribution in [2.45, 2.75) is 43.4 Å². The molecule has 2 N–H and O–H groups in total. The van der Waals surface area contributed by atoms with E-state index in [1.54, 1.807) is 25.2 Å². The van der Waals surface area contributed by atoms with Gasteiger partial charge in [0.05, 0.1) is 17.0 Å². The Kier molecular flexibility index (Phi) is 4.49. The lowest BCUT2D eigenvalue weighted by Crippen LogP contribution is -2.40. The first-order chi connectivity index (χ1) is 9.34.